The number of hydrogen-bond acceptors (Lipinski definition) is 2. The van der Waals surface area contributed by atoms with E-state index in [9.17, 15) is 8.60 Å². The van der Waals surface area contributed by atoms with Crippen LogP contribution in [0.25, 0.3) is 0 Å². The van der Waals surface area contributed by atoms with Gasteiger partial charge in [0.05, 0.1) is 0 Å². The first-order valence-electron chi connectivity index (χ1n) is 5.32. The Morgan fingerprint density at radius 3 is 2.56 bits per heavy atom. The maximum Gasteiger partial charge on any atom is 0.127 e. The van der Waals surface area contributed by atoms with Gasteiger partial charge in [-0.15, -0.1) is 0 Å². The molecule has 0 aliphatic heterocycles. The molecule has 16 heavy (non-hydrogen) atoms. The van der Waals surface area contributed by atoms with Crippen LogP contribution in [0, 0.1) is 5.82 Å². The summed E-state index contributed by atoms with van der Waals surface area (Å²) in [6, 6.07) is 6.65. The number of rotatable bonds is 5. The van der Waals surface area contributed by atoms with Gasteiger partial charge >= 0.3 is 0 Å². The van der Waals surface area contributed by atoms with Crippen LogP contribution in [-0.4, -0.2) is 22.3 Å². The van der Waals surface area contributed by atoms with Crippen LogP contribution in [-0.2, 0) is 10.8 Å². The third kappa shape index (κ3) is 3.68. The molecule has 90 valence electrons. The summed E-state index contributed by atoms with van der Waals surface area (Å²) in [6.07, 6.45) is 1.68. The molecule has 0 saturated heterocycles. The molecule has 1 aromatic carbocycles. The molecule has 0 bridgehead atoms. The molecule has 0 heterocycles. The topological polar surface area (TPSA) is 29.1 Å². The van der Waals surface area contributed by atoms with Gasteiger partial charge in [-0.2, -0.15) is 0 Å². The van der Waals surface area contributed by atoms with Gasteiger partial charge in [-0.1, -0.05) is 18.2 Å². The Balaban J connectivity index is 2.56. The molecule has 0 saturated carbocycles. The smallest absolute Gasteiger partial charge is 0.127 e. The lowest BCUT2D eigenvalue weighted by Gasteiger charge is -2.17. The molecular weight excluding hydrogens is 225 g/mol. The second-order valence-electron chi connectivity index (χ2n) is 3.96. The van der Waals surface area contributed by atoms with Crippen LogP contribution >= 0.6 is 0 Å². The molecule has 0 radical (unpaired) electrons. The van der Waals surface area contributed by atoms with E-state index >= 15 is 0 Å². The molecule has 0 aliphatic carbocycles. The van der Waals surface area contributed by atoms with Gasteiger partial charge in [0, 0.05) is 40.5 Å². The predicted octanol–water partition coefficient (Wildman–Crippen LogP) is 2.24. The third-order valence-electron chi connectivity index (χ3n) is 2.65. The Hall–Kier alpha value is -0.740. The molecule has 4 heteroatoms. The minimum atomic E-state index is -0.845. The van der Waals surface area contributed by atoms with Gasteiger partial charge in [-0.05, 0) is 19.9 Å². The van der Waals surface area contributed by atoms with Gasteiger partial charge in [0.2, 0.25) is 0 Å². The minimum absolute atomic E-state index is 0.0628. The number of halogens is 1. The lowest BCUT2D eigenvalue weighted by atomic mass is 10.1. The van der Waals surface area contributed by atoms with Crippen molar-refractivity contribution in [1.29, 1.82) is 0 Å². The summed E-state index contributed by atoms with van der Waals surface area (Å²) in [4.78, 5) is 0. The average Bonchev–Trinajstić information content (AvgIpc) is 2.25. The zero-order valence-electron chi connectivity index (χ0n) is 9.87. The largest absolute Gasteiger partial charge is 0.309 e. The van der Waals surface area contributed by atoms with Gasteiger partial charge in [0.1, 0.15) is 5.82 Å². The fraction of sp³-hybridized carbons (Fsp3) is 0.500. The zero-order chi connectivity index (χ0) is 12.1. The quantitative estimate of drug-likeness (QED) is 0.859. The molecule has 1 aromatic rings. The maximum atomic E-state index is 13.4. The molecule has 3 unspecified atom stereocenters. The molecule has 0 amide bonds. The van der Waals surface area contributed by atoms with Crippen LogP contribution in [0.1, 0.15) is 25.5 Å². The van der Waals surface area contributed by atoms with Gasteiger partial charge in [0.25, 0.3) is 0 Å². The van der Waals surface area contributed by atoms with Crippen molar-refractivity contribution >= 4 is 10.8 Å². The van der Waals surface area contributed by atoms with Crippen molar-refractivity contribution in [2.45, 2.75) is 25.1 Å². The minimum Gasteiger partial charge on any atom is -0.309 e. The van der Waals surface area contributed by atoms with Crippen molar-refractivity contribution in [2.75, 3.05) is 12.8 Å². The van der Waals surface area contributed by atoms with E-state index in [1.807, 2.05) is 19.9 Å². The molecule has 1 N–H and O–H groups in total. The SMILES string of the molecule is CC(NCC(C)S(C)=O)c1ccccc1F. The van der Waals surface area contributed by atoms with E-state index in [-0.39, 0.29) is 17.1 Å². The second kappa shape index (κ2) is 6.11. The molecule has 3 atom stereocenters. The Labute approximate surface area is 98.7 Å². The van der Waals surface area contributed by atoms with Crippen molar-refractivity contribution in [2.24, 2.45) is 0 Å². The molecule has 2 nitrogen and oxygen atoms in total. The Morgan fingerprint density at radius 1 is 1.38 bits per heavy atom. The fourth-order valence-corrected chi connectivity index (χ4v) is 1.73. The number of benzene rings is 1. The molecule has 0 aromatic heterocycles. The molecule has 0 aliphatic rings. The average molecular weight is 243 g/mol. The van der Waals surface area contributed by atoms with Gasteiger partial charge in [-0.3, -0.25) is 4.21 Å². The summed E-state index contributed by atoms with van der Waals surface area (Å²) in [5.41, 5.74) is 0.650. The first kappa shape index (κ1) is 13.3. The molecule has 0 spiro atoms. The fourth-order valence-electron chi connectivity index (χ4n) is 1.40. The molecular formula is C12H18FNOS. The summed E-state index contributed by atoms with van der Waals surface area (Å²) < 4.78 is 24.6. The van der Waals surface area contributed by atoms with Crippen LogP contribution < -0.4 is 5.32 Å². The monoisotopic (exact) mass is 243 g/mol. The molecule has 0 fully saturated rings. The third-order valence-corrected chi connectivity index (χ3v) is 3.95. The number of nitrogens with one attached hydrogen (secondary N) is 1. The van der Waals surface area contributed by atoms with E-state index in [1.54, 1.807) is 18.4 Å². The van der Waals surface area contributed by atoms with Crippen molar-refractivity contribution in [3.8, 4) is 0 Å². The van der Waals surface area contributed by atoms with E-state index in [0.717, 1.165) is 0 Å². The normalized spacial score (nSPS) is 16.8. The van der Waals surface area contributed by atoms with Crippen LogP contribution in [0.2, 0.25) is 0 Å². The van der Waals surface area contributed by atoms with Crippen LogP contribution in [0.15, 0.2) is 24.3 Å². The van der Waals surface area contributed by atoms with Crippen LogP contribution in [0.4, 0.5) is 4.39 Å². The summed E-state index contributed by atoms with van der Waals surface area (Å²) in [7, 11) is -0.845. The summed E-state index contributed by atoms with van der Waals surface area (Å²) in [5, 5.41) is 3.27. The summed E-state index contributed by atoms with van der Waals surface area (Å²) >= 11 is 0. The van der Waals surface area contributed by atoms with Gasteiger partial charge < -0.3 is 5.32 Å². The Bertz CT molecular complexity index is 370. The zero-order valence-corrected chi connectivity index (χ0v) is 10.7. The van der Waals surface area contributed by atoms with Gasteiger partial charge in [0.15, 0.2) is 0 Å². The highest BCUT2D eigenvalue weighted by atomic mass is 32.2. The summed E-state index contributed by atoms with van der Waals surface area (Å²) in [5.74, 6) is -0.201. The lowest BCUT2D eigenvalue weighted by molar-refractivity contribution is 0.528. The van der Waals surface area contributed by atoms with Crippen molar-refractivity contribution < 1.29 is 8.60 Å². The second-order valence-corrected chi connectivity index (χ2v) is 5.76. The van der Waals surface area contributed by atoms with Crippen molar-refractivity contribution in [3.05, 3.63) is 35.6 Å². The standard InChI is InChI=1S/C12H18FNOS/c1-9(16(3)15)8-14-10(2)11-6-4-5-7-12(11)13/h4-7,9-10,14H,8H2,1-3H3. The highest BCUT2D eigenvalue weighted by Gasteiger charge is 2.12. The predicted molar refractivity (Wildman–Crippen MR) is 66.3 cm³/mol. The van der Waals surface area contributed by atoms with E-state index in [0.29, 0.717) is 12.1 Å². The number of hydrogen-bond donors (Lipinski definition) is 1. The Morgan fingerprint density at radius 2 is 2.00 bits per heavy atom. The first-order chi connectivity index (χ1) is 7.52. The van der Waals surface area contributed by atoms with Crippen LogP contribution in [0.5, 0.6) is 0 Å². The molecule has 1 rings (SSSR count). The maximum absolute atomic E-state index is 13.4. The van der Waals surface area contributed by atoms with E-state index in [2.05, 4.69) is 5.32 Å². The lowest BCUT2D eigenvalue weighted by Crippen LogP contribution is -2.30. The highest BCUT2D eigenvalue weighted by Crippen LogP contribution is 2.15. The van der Waals surface area contributed by atoms with Gasteiger partial charge in [-0.25, -0.2) is 4.39 Å². The van der Waals surface area contributed by atoms with E-state index in [4.69, 9.17) is 0 Å². The first-order valence-corrected chi connectivity index (χ1v) is 6.94. The van der Waals surface area contributed by atoms with Crippen molar-refractivity contribution in [1.82, 2.24) is 5.32 Å². The van der Waals surface area contributed by atoms with Crippen LogP contribution in [0.3, 0.4) is 0 Å². The van der Waals surface area contributed by atoms with E-state index in [1.165, 1.54) is 6.07 Å². The highest BCUT2D eigenvalue weighted by molar-refractivity contribution is 7.84. The Kier molecular flexibility index (Phi) is 5.09. The summed E-state index contributed by atoms with van der Waals surface area (Å²) in [6.45, 7) is 4.44. The van der Waals surface area contributed by atoms with E-state index < -0.39 is 10.8 Å². The van der Waals surface area contributed by atoms with Crippen molar-refractivity contribution in [3.63, 3.8) is 0 Å².